The van der Waals surface area contributed by atoms with Crippen molar-refractivity contribution in [3.63, 3.8) is 0 Å². The van der Waals surface area contributed by atoms with Gasteiger partial charge in [-0.25, -0.2) is 0 Å². The van der Waals surface area contributed by atoms with E-state index in [9.17, 15) is 13.2 Å². The lowest BCUT2D eigenvalue weighted by molar-refractivity contribution is -0.268. The van der Waals surface area contributed by atoms with Crippen LogP contribution in [0.1, 0.15) is 0 Å². The van der Waals surface area contributed by atoms with Gasteiger partial charge in [-0.3, -0.25) is 0 Å². The number of hydrogen-bond acceptors (Lipinski definition) is 3. The summed E-state index contributed by atoms with van der Waals surface area (Å²) in [5, 5.41) is 11.5. The van der Waals surface area contributed by atoms with Crippen molar-refractivity contribution >= 4 is 0 Å². The normalized spacial score (nSPS) is 33.0. The van der Waals surface area contributed by atoms with E-state index in [1.807, 2.05) is 0 Å². The van der Waals surface area contributed by atoms with Crippen molar-refractivity contribution in [1.29, 1.82) is 0 Å². The second-order valence-electron chi connectivity index (χ2n) is 2.76. The minimum Gasteiger partial charge on any atom is -0.378 e. The fourth-order valence-corrected chi connectivity index (χ4v) is 0.914. The average molecular weight is 185 g/mol. The zero-order valence-corrected chi connectivity index (χ0v) is 6.32. The van der Waals surface area contributed by atoms with E-state index in [0.717, 1.165) is 0 Å². The summed E-state index contributed by atoms with van der Waals surface area (Å²) in [7, 11) is 0. The maximum Gasteiger partial charge on any atom is 0.420 e. The van der Waals surface area contributed by atoms with Gasteiger partial charge in [0.25, 0.3) is 0 Å². The van der Waals surface area contributed by atoms with Crippen LogP contribution in [0, 0.1) is 0 Å². The topological polar surface area (TPSA) is 41.5 Å². The molecule has 0 bridgehead atoms. The minimum absolute atomic E-state index is 0.193. The molecule has 1 fully saturated rings. The monoisotopic (exact) mass is 185 g/mol. The Labute approximate surface area is 67.5 Å². The predicted octanol–water partition coefficient (Wildman–Crippen LogP) is -0.100. The molecule has 1 aliphatic rings. The second-order valence-corrected chi connectivity index (χ2v) is 2.76. The van der Waals surface area contributed by atoms with Crippen LogP contribution in [0.4, 0.5) is 13.2 Å². The van der Waals surface area contributed by atoms with Crippen LogP contribution in [0.3, 0.4) is 0 Å². The molecule has 1 aliphatic heterocycles. The van der Waals surface area contributed by atoms with Gasteiger partial charge in [-0.15, -0.1) is 0 Å². The average Bonchev–Trinajstić information content (AvgIpc) is 2.12. The molecule has 3 nitrogen and oxygen atoms in total. The van der Waals surface area contributed by atoms with E-state index in [2.05, 4.69) is 10.1 Å². The van der Waals surface area contributed by atoms with Gasteiger partial charge in [-0.05, 0) is 0 Å². The molecule has 1 atom stereocenters. The lowest BCUT2D eigenvalue weighted by Gasteiger charge is -2.27. The maximum absolute atomic E-state index is 12.1. The van der Waals surface area contributed by atoms with E-state index in [1.165, 1.54) is 0 Å². The molecule has 12 heavy (non-hydrogen) atoms. The molecule has 0 aliphatic carbocycles. The van der Waals surface area contributed by atoms with Gasteiger partial charge < -0.3 is 15.2 Å². The van der Waals surface area contributed by atoms with Gasteiger partial charge in [0.1, 0.15) is 0 Å². The van der Waals surface area contributed by atoms with Crippen molar-refractivity contribution in [3.8, 4) is 0 Å². The molecule has 1 heterocycles. The Morgan fingerprint density at radius 2 is 2.08 bits per heavy atom. The Kier molecular flexibility index (Phi) is 2.60. The minimum atomic E-state index is -4.63. The largest absolute Gasteiger partial charge is 0.420 e. The third kappa shape index (κ3) is 1.88. The Balaban J connectivity index is 2.67. The standard InChI is InChI=1S/C6H10F3NO2/c7-6(8,9)5(11)3-10-1-2-12-4-5/h10-11H,1-4H2/t5-/m0/s1. The molecule has 0 aromatic rings. The Bertz CT molecular complexity index is 151. The molecule has 2 N–H and O–H groups in total. The fraction of sp³-hybridized carbons (Fsp3) is 1.00. The molecule has 0 saturated carbocycles. The first-order chi connectivity index (χ1) is 5.46. The maximum atomic E-state index is 12.1. The van der Waals surface area contributed by atoms with Crippen LogP contribution in [-0.2, 0) is 4.74 Å². The first-order valence-corrected chi connectivity index (χ1v) is 3.53. The zero-order chi connectivity index (χ0) is 9.24. The van der Waals surface area contributed by atoms with Crippen LogP contribution in [0.2, 0.25) is 0 Å². The third-order valence-corrected chi connectivity index (χ3v) is 1.71. The third-order valence-electron chi connectivity index (χ3n) is 1.71. The van der Waals surface area contributed by atoms with Crippen molar-refractivity contribution in [2.75, 3.05) is 26.3 Å². The number of β-amino-alcohol motifs (C(OH)–C–C–N with tert-alkyl or cyclic N) is 1. The number of nitrogens with one attached hydrogen (secondary N) is 1. The van der Waals surface area contributed by atoms with Crippen LogP contribution in [0.5, 0.6) is 0 Å². The van der Waals surface area contributed by atoms with Gasteiger partial charge >= 0.3 is 6.18 Å². The summed E-state index contributed by atoms with van der Waals surface area (Å²) < 4.78 is 41.0. The molecule has 0 aromatic heterocycles. The van der Waals surface area contributed by atoms with Crippen LogP contribution in [-0.4, -0.2) is 43.2 Å². The molecule has 0 aromatic carbocycles. The quantitative estimate of drug-likeness (QED) is 0.553. The van der Waals surface area contributed by atoms with Crippen LogP contribution < -0.4 is 5.32 Å². The molecule has 0 unspecified atom stereocenters. The molecular formula is C6H10F3NO2. The highest BCUT2D eigenvalue weighted by Crippen LogP contribution is 2.30. The zero-order valence-electron chi connectivity index (χ0n) is 6.32. The molecule has 1 saturated heterocycles. The summed E-state index contributed by atoms with van der Waals surface area (Å²) in [4.78, 5) is 0. The van der Waals surface area contributed by atoms with E-state index in [4.69, 9.17) is 5.11 Å². The number of hydrogen-bond donors (Lipinski definition) is 2. The van der Waals surface area contributed by atoms with Crippen molar-refractivity contribution in [2.45, 2.75) is 11.8 Å². The molecule has 72 valence electrons. The van der Waals surface area contributed by atoms with Crippen LogP contribution in [0.15, 0.2) is 0 Å². The van der Waals surface area contributed by atoms with Gasteiger partial charge in [0.15, 0.2) is 5.60 Å². The Morgan fingerprint density at radius 1 is 1.42 bits per heavy atom. The highest BCUT2D eigenvalue weighted by atomic mass is 19.4. The van der Waals surface area contributed by atoms with E-state index >= 15 is 0 Å². The van der Waals surface area contributed by atoms with E-state index in [1.54, 1.807) is 0 Å². The number of rotatable bonds is 0. The summed E-state index contributed by atoms with van der Waals surface area (Å²) in [6.07, 6.45) is -4.63. The molecule has 0 spiro atoms. The summed E-state index contributed by atoms with van der Waals surface area (Å²) in [6, 6.07) is 0. The van der Waals surface area contributed by atoms with Crippen molar-refractivity contribution in [1.82, 2.24) is 5.32 Å². The summed E-state index contributed by atoms with van der Waals surface area (Å²) in [6.45, 7) is -0.670. The second kappa shape index (κ2) is 3.20. The van der Waals surface area contributed by atoms with Crippen molar-refractivity contribution in [2.24, 2.45) is 0 Å². The first-order valence-electron chi connectivity index (χ1n) is 3.53. The van der Waals surface area contributed by atoms with Crippen molar-refractivity contribution in [3.05, 3.63) is 0 Å². The molecule has 0 radical (unpaired) electrons. The lowest BCUT2D eigenvalue weighted by Crippen LogP contribution is -2.54. The fourth-order valence-electron chi connectivity index (χ4n) is 0.914. The van der Waals surface area contributed by atoms with E-state index < -0.39 is 24.9 Å². The van der Waals surface area contributed by atoms with E-state index in [0.29, 0.717) is 6.54 Å². The number of ether oxygens (including phenoxy) is 1. The molecule has 6 heteroatoms. The summed E-state index contributed by atoms with van der Waals surface area (Å²) in [5.74, 6) is 0. The number of aliphatic hydroxyl groups is 1. The first kappa shape index (κ1) is 9.76. The highest BCUT2D eigenvalue weighted by Gasteiger charge is 2.54. The molecular weight excluding hydrogens is 175 g/mol. The lowest BCUT2D eigenvalue weighted by atomic mass is 10.1. The molecule has 1 rings (SSSR count). The van der Waals surface area contributed by atoms with Gasteiger partial charge in [0.05, 0.1) is 13.2 Å². The smallest absolute Gasteiger partial charge is 0.378 e. The van der Waals surface area contributed by atoms with Gasteiger partial charge in [-0.1, -0.05) is 0 Å². The summed E-state index contributed by atoms with van der Waals surface area (Å²) in [5.41, 5.74) is -2.73. The highest BCUT2D eigenvalue weighted by molar-refractivity contribution is 4.89. The van der Waals surface area contributed by atoms with Crippen molar-refractivity contribution < 1.29 is 23.0 Å². The van der Waals surface area contributed by atoms with Gasteiger partial charge in [0.2, 0.25) is 0 Å². The predicted molar refractivity (Wildman–Crippen MR) is 34.7 cm³/mol. The van der Waals surface area contributed by atoms with Crippen LogP contribution >= 0.6 is 0 Å². The van der Waals surface area contributed by atoms with Gasteiger partial charge in [0, 0.05) is 13.1 Å². The van der Waals surface area contributed by atoms with E-state index in [-0.39, 0.29) is 6.61 Å². The SMILES string of the molecule is O[C@@]1(C(F)(F)F)CNCCOC1. The number of halogens is 3. The van der Waals surface area contributed by atoms with Gasteiger partial charge in [-0.2, -0.15) is 13.2 Å². The Morgan fingerprint density at radius 3 is 2.67 bits per heavy atom. The molecule has 0 amide bonds. The number of alkyl halides is 3. The summed E-state index contributed by atoms with van der Waals surface area (Å²) >= 11 is 0. The Hall–Kier alpha value is -0.330. The van der Waals surface area contributed by atoms with Crippen LogP contribution in [0.25, 0.3) is 0 Å².